The molecule has 0 saturated carbocycles. The lowest BCUT2D eigenvalue weighted by Gasteiger charge is -2.12. The van der Waals surface area contributed by atoms with Crippen LogP contribution < -0.4 is 10.1 Å². The number of nitrogens with zero attached hydrogens (tertiary/aromatic N) is 1. The molecule has 3 nitrogen and oxygen atoms in total. The van der Waals surface area contributed by atoms with Gasteiger partial charge in [0.2, 0.25) is 0 Å². The number of nitrogens with one attached hydrogen (secondary N) is 1. The maximum atomic E-state index is 13.8. The fourth-order valence-electron chi connectivity index (χ4n) is 2.19. The van der Waals surface area contributed by atoms with E-state index in [1.165, 1.54) is 6.07 Å². The van der Waals surface area contributed by atoms with Crippen molar-refractivity contribution in [1.82, 2.24) is 10.3 Å². The second-order valence-electron chi connectivity index (χ2n) is 5.00. The molecule has 0 aliphatic carbocycles. The lowest BCUT2D eigenvalue weighted by atomic mass is 10.1. The van der Waals surface area contributed by atoms with Gasteiger partial charge in [0.05, 0.1) is 5.69 Å². The van der Waals surface area contributed by atoms with Crippen molar-refractivity contribution in [3.8, 4) is 5.75 Å². The van der Waals surface area contributed by atoms with Gasteiger partial charge in [-0.05, 0) is 50.2 Å². The molecule has 1 aromatic heterocycles. The van der Waals surface area contributed by atoms with Crippen LogP contribution in [0.5, 0.6) is 5.75 Å². The number of aromatic nitrogens is 1. The van der Waals surface area contributed by atoms with Gasteiger partial charge in [-0.2, -0.15) is 0 Å². The van der Waals surface area contributed by atoms with Crippen molar-refractivity contribution in [2.75, 3.05) is 7.05 Å². The summed E-state index contributed by atoms with van der Waals surface area (Å²) in [6.07, 6.45) is 0.791. The van der Waals surface area contributed by atoms with E-state index in [4.69, 9.17) is 4.74 Å². The molecule has 0 radical (unpaired) electrons. The van der Waals surface area contributed by atoms with Crippen LogP contribution in [0.2, 0.25) is 0 Å². The van der Waals surface area contributed by atoms with Gasteiger partial charge in [-0.1, -0.05) is 13.0 Å². The lowest BCUT2D eigenvalue weighted by Crippen LogP contribution is -2.07. The number of rotatable bonds is 6. The Morgan fingerprint density at radius 1 is 1.24 bits per heavy atom. The molecule has 0 fully saturated rings. The van der Waals surface area contributed by atoms with Gasteiger partial charge in [0.15, 0.2) is 0 Å². The summed E-state index contributed by atoms with van der Waals surface area (Å²) >= 11 is 0. The summed E-state index contributed by atoms with van der Waals surface area (Å²) in [5, 5.41) is 3.06. The molecule has 2 aromatic rings. The molecule has 2 rings (SSSR count). The van der Waals surface area contributed by atoms with Crippen molar-refractivity contribution >= 4 is 0 Å². The highest BCUT2D eigenvalue weighted by atomic mass is 19.1. The highest BCUT2D eigenvalue weighted by Crippen LogP contribution is 2.20. The zero-order valence-corrected chi connectivity index (χ0v) is 12.7. The standard InChI is InChI=1S/C17H21FN2O/c1-4-16-17(8-5-12(2)20-16)21-11-14-9-13(10-19-3)6-7-15(14)18/h5-9,19H,4,10-11H2,1-3H3. The Morgan fingerprint density at radius 3 is 2.76 bits per heavy atom. The summed E-state index contributed by atoms with van der Waals surface area (Å²) in [4.78, 5) is 4.44. The number of pyridine rings is 1. The van der Waals surface area contributed by atoms with E-state index in [1.54, 1.807) is 6.07 Å². The maximum Gasteiger partial charge on any atom is 0.141 e. The molecule has 0 saturated heterocycles. The Hall–Kier alpha value is -1.94. The molecule has 0 aliphatic rings. The van der Waals surface area contributed by atoms with E-state index in [1.807, 2.05) is 39.1 Å². The summed E-state index contributed by atoms with van der Waals surface area (Å²) in [6.45, 7) is 4.90. The van der Waals surface area contributed by atoms with E-state index in [-0.39, 0.29) is 12.4 Å². The van der Waals surface area contributed by atoms with Crippen molar-refractivity contribution in [2.24, 2.45) is 0 Å². The van der Waals surface area contributed by atoms with Gasteiger partial charge in [-0.3, -0.25) is 4.98 Å². The number of ether oxygens (including phenoxy) is 1. The Balaban J connectivity index is 2.14. The van der Waals surface area contributed by atoms with Gasteiger partial charge < -0.3 is 10.1 Å². The fraction of sp³-hybridized carbons (Fsp3) is 0.353. The third-order valence-electron chi connectivity index (χ3n) is 3.28. The molecule has 4 heteroatoms. The van der Waals surface area contributed by atoms with Crippen molar-refractivity contribution in [2.45, 2.75) is 33.4 Å². The molecule has 0 amide bonds. The van der Waals surface area contributed by atoms with Gasteiger partial charge in [-0.25, -0.2) is 4.39 Å². The minimum absolute atomic E-state index is 0.209. The highest BCUT2D eigenvalue weighted by Gasteiger charge is 2.08. The first-order valence-corrected chi connectivity index (χ1v) is 7.15. The van der Waals surface area contributed by atoms with Crippen LogP contribution in [0, 0.1) is 12.7 Å². The smallest absolute Gasteiger partial charge is 0.141 e. The van der Waals surface area contributed by atoms with Crippen LogP contribution >= 0.6 is 0 Å². The monoisotopic (exact) mass is 288 g/mol. The van der Waals surface area contributed by atoms with Crippen LogP contribution in [0.3, 0.4) is 0 Å². The van der Waals surface area contributed by atoms with E-state index in [0.29, 0.717) is 12.1 Å². The zero-order chi connectivity index (χ0) is 15.2. The van der Waals surface area contributed by atoms with Crippen molar-refractivity contribution < 1.29 is 9.13 Å². The van der Waals surface area contributed by atoms with Gasteiger partial charge in [-0.15, -0.1) is 0 Å². The average Bonchev–Trinajstić information content (AvgIpc) is 2.49. The first-order valence-electron chi connectivity index (χ1n) is 7.15. The first-order chi connectivity index (χ1) is 10.1. The Kier molecular flexibility index (Phi) is 5.28. The van der Waals surface area contributed by atoms with Crippen LogP contribution in [-0.2, 0) is 19.6 Å². The third kappa shape index (κ3) is 4.02. The summed E-state index contributed by atoms with van der Waals surface area (Å²) in [7, 11) is 1.87. The number of hydrogen-bond donors (Lipinski definition) is 1. The summed E-state index contributed by atoms with van der Waals surface area (Å²) in [5.41, 5.74) is 3.46. The lowest BCUT2D eigenvalue weighted by molar-refractivity contribution is 0.295. The summed E-state index contributed by atoms with van der Waals surface area (Å²) in [5.74, 6) is 0.481. The molecule has 21 heavy (non-hydrogen) atoms. The minimum atomic E-state index is -0.243. The summed E-state index contributed by atoms with van der Waals surface area (Å²) in [6, 6.07) is 8.90. The van der Waals surface area contributed by atoms with E-state index < -0.39 is 0 Å². The predicted molar refractivity (Wildman–Crippen MR) is 81.8 cm³/mol. The second-order valence-corrected chi connectivity index (χ2v) is 5.00. The van der Waals surface area contributed by atoms with Crippen LogP contribution in [0.4, 0.5) is 4.39 Å². The summed E-state index contributed by atoms with van der Waals surface area (Å²) < 4.78 is 19.6. The quantitative estimate of drug-likeness (QED) is 0.884. The normalized spacial score (nSPS) is 10.7. The van der Waals surface area contributed by atoms with E-state index >= 15 is 0 Å². The Morgan fingerprint density at radius 2 is 2.05 bits per heavy atom. The van der Waals surface area contributed by atoms with E-state index in [0.717, 1.165) is 29.1 Å². The molecule has 0 bridgehead atoms. The van der Waals surface area contributed by atoms with Crippen LogP contribution in [0.25, 0.3) is 0 Å². The van der Waals surface area contributed by atoms with Crippen LogP contribution in [0.15, 0.2) is 30.3 Å². The van der Waals surface area contributed by atoms with Gasteiger partial charge in [0, 0.05) is 17.8 Å². The highest BCUT2D eigenvalue weighted by molar-refractivity contribution is 5.30. The minimum Gasteiger partial charge on any atom is -0.487 e. The number of halogens is 1. The zero-order valence-electron chi connectivity index (χ0n) is 12.7. The van der Waals surface area contributed by atoms with Crippen LogP contribution in [0.1, 0.15) is 29.4 Å². The molecule has 1 N–H and O–H groups in total. The molecule has 0 aliphatic heterocycles. The SMILES string of the molecule is CCc1nc(C)ccc1OCc1cc(CNC)ccc1F. The van der Waals surface area contributed by atoms with Crippen molar-refractivity contribution in [3.63, 3.8) is 0 Å². The van der Waals surface area contributed by atoms with Gasteiger partial charge >= 0.3 is 0 Å². The number of aryl methyl sites for hydroxylation is 2. The molecule has 0 atom stereocenters. The fourth-order valence-corrected chi connectivity index (χ4v) is 2.19. The Labute approximate surface area is 125 Å². The predicted octanol–water partition coefficient (Wildman–Crippen LogP) is 3.39. The van der Waals surface area contributed by atoms with Gasteiger partial charge in [0.25, 0.3) is 0 Å². The van der Waals surface area contributed by atoms with Crippen LogP contribution in [-0.4, -0.2) is 12.0 Å². The van der Waals surface area contributed by atoms with E-state index in [9.17, 15) is 4.39 Å². The topological polar surface area (TPSA) is 34.1 Å². The van der Waals surface area contributed by atoms with Gasteiger partial charge in [0.1, 0.15) is 18.2 Å². The molecular weight excluding hydrogens is 267 g/mol. The molecule has 1 heterocycles. The molecule has 0 spiro atoms. The molecular formula is C17H21FN2O. The second kappa shape index (κ2) is 7.18. The largest absolute Gasteiger partial charge is 0.487 e. The number of hydrogen-bond acceptors (Lipinski definition) is 3. The maximum absolute atomic E-state index is 13.8. The molecule has 0 unspecified atom stereocenters. The third-order valence-corrected chi connectivity index (χ3v) is 3.28. The molecule has 112 valence electrons. The molecule has 1 aromatic carbocycles. The first kappa shape index (κ1) is 15.4. The van der Waals surface area contributed by atoms with Crippen molar-refractivity contribution in [3.05, 3.63) is 58.7 Å². The Bertz CT molecular complexity index is 614. The van der Waals surface area contributed by atoms with E-state index in [2.05, 4.69) is 10.3 Å². The number of benzene rings is 1. The van der Waals surface area contributed by atoms with Crippen molar-refractivity contribution in [1.29, 1.82) is 0 Å². The average molecular weight is 288 g/mol.